The number of carbonyl (C=O) groups is 1. The molecule has 3 aromatic carbocycles. The van der Waals surface area contributed by atoms with E-state index in [0.717, 1.165) is 38.3 Å². The SMILES string of the molecule is O=C([O-])COc1ccccc1/C=N/N1CC[NH+](Cc2cccc3ccccc23)CC1. The number of fused-ring (bicyclic) bond motifs is 1. The molecule has 1 fully saturated rings. The molecule has 0 aromatic heterocycles. The highest BCUT2D eigenvalue weighted by atomic mass is 16.5. The molecular weight excluding hydrogens is 378 g/mol. The van der Waals surface area contributed by atoms with E-state index < -0.39 is 12.6 Å². The maximum Gasteiger partial charge on any atom is 0.128 e. The van der Waals surface area contributed by atoms with E-state index in [0.29, 0.717) is 5.75 Å². The van der Waals surface area contributed by atoms with Crippen LogP contribution in [0.4, 0.5) is 0 Å². The second kappa shape index (κ2) is 9.41. The number of carboxylic acids is 1. The molecule has 0 amide bonds. The fourth-order valence-corrected chi connectivity index (χ4v) is 3.82. The Morgan fingerprint density at radius 2 is 1.77 bits per heavy atom. The van der Waals surface area contributed by atoms with Crippen molar-refractivity contribution < 1.29 is 19.5 Å². The zero-order valence-electron chi connectivity index (χ0n) is 16.8. The first kappa shape index (κ1) is 19.9. The molecule has 30 heavy (non-hydrogen) atoms. The van der Waals surface area contributed by atoms with E-state index in [4.69, 9.17) is 4.74 Å². The third kappa shape index (κ3) is 4.96. The number of ether oxygens (including phenoxy) is 1. The van der Waals surface area contributed by atoms with Gasteiger partial charge in [-0.1, -0.05) is 54.6 Å². The van der Waals surface area contributed by atoms with Crippen LogP contribution in [-0.2, 0) is 11.3 Å². The minimum absolute atomic E-state index is 0.471. The summed E-state index contributed by atoms with van der Waals surface area (Å²) in [7, 11) is 0. The van der Waals surface area contributed by atoms with Gasteiger partial charge in [0.25, 0.3) is 0 Å². The standard InChI is InChI=1S/C24H25N3O3/c28-24(29)18-30-23-11-4-2-7-20(23)16-25-27-14-12-26(13-15-27)17-21-9-5-8-19-6-1-3-10-22(19)21/h1-11,16H,12-15,17-18H2,(H,28,29)/b25-16+. The van der Waals surface area contributed by atoms with Crippen LogP contribution < -0.4 is 14.7 Å². The lowest BCUT2D eigenvalue weighted by Crippen LogP contribution is -3.13. The van der Waals surface area contributed by atoms with Crippen molar-refractivity contribution in [2.45, 2.75) is 6.54 Å². The molecule has 0 bridgehead atoms. The summed E-state index contributed by atoms with van der Waals surface area (Å²) in [6.45, 7) is 4.32. The van der Waals surface area contributed by atoms with Gasteiger partial charge < -0.3 is 19.5 Å². The van der Waals surface area contributed by atoms with Crippen molar-refractivity contribution in [1.82, 2.24) is 5.01 Å². The highest BCUT2D eigenvalue weighted by Gasteiger charge is 2.19. The molecule has 0 aliphatic carbocycles. The van der Waals surface area contributed by atoms with E-state index in [9.17, 15) is 9.90 Å². The van der Waals surface area contributed by atoms with Crippen LogP contribution >= 0.6 is 0 Å². The number of hydrogen-bond donors (Lipinski definition) is 1. The van der Waals surface area contributed by atoms with Crippen LogP contribution in [0.25, 0.3) is 10.8 Å². The van der Waals surface area contributed by atoms with Gasteiger partial charge in [0.15, 0.2) is 0 Å². The van der Waals surface area contributed by atoms with E-state index in [2.05, 4.69) is 52.6 Å². The Morgan fingerprint density at radius 1 is 1.03 bits per heavy atom. The molecule has 0 radical (unpaired) electrons. The van der Waals surface area contributed by atoms with Crippen molar-refractivity contribution in [1.29, 1.82) is 0 Å². The minimum Gasteiger partial charge on any atom is -0.546 e. The maximum absolute atomic E-state index is 10.6. The van der Waals surface area contributed by atoms with Gasteiger partial charge in [-0.05, 0) is 22.9 Å². The summed E-state index contributed by atoms with van der Waals surface area (Å²) >= 11 is 0. The van der Waals surface area contributed by atoms with Gasteiger partial charge in [-0.3, -0.25) is 5.01 Å². The van der Waals surface area contributed by atoms with Crippen molar-refractivity contribution in [3.05, 3.63) is 77.9 Å². The molecule has 0 unspecified atom stereocenters. The Balaban J connectivity index is 1.34. The Hall–Kier alpha value is -3.38. The number of hydrogen-bond acceptors (Lipinski definition) is 5. The molecule has 1 saturated heterocycles. The van der Waals surface area contributed by atoms with E-state index in [1.54, 1.807) is 23.2 Å². The van der Waals surface area contributed by atoms with Crippen LogP contribution in [0.15, 0.2) is 71.8 Å². The lowest BCUT2D eigenvalue weighted by Gasteiger charge is -2.30. The number of para-hydroxylation sites is 1. The van der Waals surface area contributed by atoms with Crippen LogP contribution in [0.3, 0.4) is 0 Å². The number of nitrogens with zero attached hydrogens (tertiary/aromatic N) is 2. The summed E-state index contributed by atoms with van der Waals surface area (Å²) in [4.78, 5) is 12.2. The minimum atomic E-state index is -1.24. The molecule has 4 rings (SSSR count). The van der Waals surface area contributed by atoms with Gasteiger partial charge in [0.2, 0.25) is 0 Å². The third-order valence-corrected chi connectivity index (χ3v) is 5.39. The Bertz CT molecular complexity index is 1040. The molecule has 0 atom stereocenters. The molecular formula is C24H25N3O3. The van der Waals surface area contributed by atoms with Crippen molar-refractivity contribution in [3.63, 3.8) is 0 Å². The normalized spacial score (nSPS) is 15.0. The van der Waals surface area contributed by atoms with Crippen molar-refractivity contribution in [2.75, 3.05) is 32.8 Å². The van der Waals surface area contributed by atoms with Gasteiger partial charge in [-0.25, -0.2) is 0 Å². The zero-order chi connectivity index (χ0) is 20.8. The van der Waals surface area contributed by atoms with E-state index >= 15 is 0 Å². The molecule has 0 spiro atoms. The summed E-state index contributed by atoms with van der Waals surface area (Å²) in [6, 6.07) is 22.3. The maximum atomic E-state index is 10.6. The molecule has 1 aliphatic heterocycles. The lowest BCUT2D eigenvalue weighted by molar-refractivity contribution is -0.918. The average Bonchev–Trinajstić information content (AvgIpc) is 2.78. The molecule has 0 saturated carbocycles. The van der Waals surface area contributed by atoms with Gasteiger partial charge in [0, 0.05) is 11.1 Å². The predicted molar refractivity (Wildman–Crippen MR) is 114 cm³/mol. The first-order chi connectivity index (χ1) is 14.7. The highest BCUT2D eigenvalue weighted by Crippen LogP contribution is 2.18. The van der Waals surface area contributed by atoms with Crippen LogP contribution in [0, 0.1) is 0 Å². The zero-order valence-corrected chi connectivity index (χ0v) is 16.8. The van der Waals surface area contributed by atoms with Gasteiger partial charge >= 0.3 is 0 Å². The molecule has 1 N–H and O–H groups in total. The molecule has 1 aliphatic rings. The number of carbonyl (C=O) groups excluding carboxylic acids is 1. The largest absolute Gasteiger partial charge is 0.546 e. The quantitative estimate of drug-likeness (QED) is 0.590. The molecule has 3 aromatic rings. The predicted octanol–water partition coefficient (Wildman–Crippen LogP) is 0.703. The number of piperazine rings is 1. The van der Waals surface area contributed by atoms with Crippen LogP contribution in [0.1, 0.15) is 11.1 Å². The van der Waals surface area contributed by atoms with Crippen LogP contribution in [0.2, 0.25) is 0 Å². The van der Waals surface area contributed by atoms with Crippen LogP contribution in [-0.4, -0.2) is 50.0 Å². The topological polar surface area (TPSA) is 69.4 Å². The first-order valence-corrected chi connectivity index (χ1v) is 10.2. The third-order valence-electron chi connectivity index (χ3n) is 5.39. The summed E-state index contributed by atoms with van der Waals surface area (Å²) in [5, 5.41) is 19.9. The Kier molecular flexibility index (Phi) is 6.25. The average molecular weight is 403 g/mol. The number of nitrogens with one attached hydrogen (secondary N) is 1. The number of carboxylic acid groups (broad SMARTS) is 1. The summed E-state index contributed by atoms with van der Waals surface area (Å²) in [5.74, 6) is -0.752. The number of benzene rings is 3. The first-order valence-electron chi connectivity index (χ1n) is 10.2. The molecule has 154 valence electrons. The van der Waals surface area contributed by atoms with Gasteiger partial charge in [-0.2, -0.15) is 5.10 Å². The second-order valence-corrected chi connectivity index (χ2v) is 7.46. The Labute approximate surface area is 176 Å². The fourth-order valence-electron chi connectivity index (χ4n) is 3.82. The van der Waals surface area contributed by atoms with E-state index in [-0.39, 0.29) is 0 Å². The van der Waals surface area contributed by atoms with Crippen molar-refractivity contribution in [3.8, 4) is 5.75 Å². The number of quaternary nitrogens is 1. The van der Waals surface area contributed by atoms with E-state index in [1.165, 1.54) is 16.3 Å². The van der Waals surface area contributed by atoms with Gasteiger partial charge in [0.1, 0.15) is 18.9 Å². The van der Waals surface area contributed by atoms with Crippen molar-refractivity contribution >= 4 is 23.0 Å². The number of rotatable bonds is 7. The fraction of sp³-hybridized carbons (Fsp3) is 0.250. The van der Waals surface area contributed by atoms with E-state index in [1.807, 2.05) is 12.1 Å². The molecule has 6 heteroatoms. The van der Waals surface area contributed by atoms with Crippen LogP contribution in [0.5, 0.6) is 5.75 Å². The second-order valence-electron chi connectivity index (χ2n) is 7.46. The summed E-state index contributed by atoms with van der Waals surface area (Å²) < 4.78 is 5.28. The number of aliphatic carboxylic acids is 1. The monoisotopic (exact) mass is 403 g/mol. The molecule has 6 nitrogen and oxygen atoms in total. The smallest absolute Gasteiger partial charge is 0.128 e. The number of hydrazone groups is 1. The van der Waals surface area contributed by atoms with Gasteiger partial charge in [0.05, 0.1) is 38.4 Å². The summed E-state index contributed by atoms with van der Waals surface area (Å²) in [6.07, 6.45) is 1.74. The highest BCUT2D eigenvalue weighted by molar-refractivity contribution is 5.85. The van der Waals surface area contributed by atoms with Gasteiger partial charge in [-0.15, -0.1) is 0 Å². The Morgan fingerprint density at radius 3 is 2.60 bits per heavy atom. The van der Waals surface area contributed by atoms with Crippen molar-refractivity contribution in [2.24, 2.45) is 5.10 Å². The summed E-state index contributed by atoms with van der Waals surface area (Å²) in [5.41, 5.74) is 2.14. The lowest BCUT2D eigenvalue weighted by atomic mass is 10.0. The molecule has 1 heterocycles.